The minimum atomic E-state index is 0.0225. The van der Waals surface area contributed by atoms with Gasteiger partial charge in [-0.05, 0) is 57.8 Å². The van der Waals surface area contributed by atoms with Crippen LogP contribution in [-0.4, -0.2) is 24.8 Å². The molecule has 0 amide bonds. The third-order valence-corrected chi connectivity index (χ3v) is 5.57. The van der Waals surface area contributed by atoms with Gasteiger partial charge in [0.05, 0.1) is 6.10 Å². The molecule has 3 rings (SSSR count). The van der Waals surface area contributed by atoms with Crippen molar-refractivity contribution in [2.75, 3.05) is 6.61 Å². The molecule has 0 bridgehead atoms. The Kier molecular flexibility index (Phi) is 5.70. The lowest BCUT2D eigenvalue weighted by atomic mass is 9.76. The standard InChI is InChI=1S/C18H30O3/c19-18(14-6-2-1-3-7-14)15-9-11-16(12-10-15)21-17-8-4-5-13-20-17/h14-17H,1-13H2. The van der Waals surface area contributed by atoms with Crippen molar-refractivity contribution in [3.05, 3.63) is 0 Å². The topological polar surface area (TPSA) is 35.5 Å². The highest BCUT2D eigenvalue weighted by Gasteiger charge is 2.32. The van der Waals surface area contributed by atoms with E-state index in [2.05, 4.69) is 0 Å². The molecule has 0 aromatic carbocycles. The molecule has 0 N–H and O–H groups in total. The highest BCUT2D eigenvalue weighted by molar-refractivity contribution is 5.83. The van der Waals surface area contributed by atoms with Crippen molar-refractivity contribution in [1.82, 2.24) is 0 Å². The number of carbonyl (C=O) groups is 1. The maximum absolute atomic E-state index is 12.6. The summed E-state index contributed by atoms with van der Waals surface area (Å²) in [4.78, 5) is 12.6. The largest absolute Gasteiger partial charge is 0.353 e. The molecule has 1 unspecified atom stereocenters. The Morgan fingerprint density at radius 3 is 2.10 bits per heavy atom. The second-order valence-electron chi connectivity index (χ2n) is 7.14. The first kappa shape index (κ1) is 15.5. The molecule has 1 atom stereocenters. The molecule has 0 aromatic heterocycles. The molecule has 21 heavy (non-hydrogen) atoms. The SMILES string of the molecule is O=C(C1CCCCC1)C1CCC(OC2CCCCO2)CC1. The lowest BCUT2D eigenvalue weighted by Gasteiger charge is -2.33. The van der Waals surface area contributed by atoms with E-state index in [0.717, 1.165) is 51.6 Å². The number of hydrogen-bond donors (Lipinski definition) is 0. The second kappa shape index (κ2) is 7.73. The third-order valence-electron chi connectivity index (χ3n) is 5.57. The Hall–Kier alpha value is -0.410. The number of ketones is 1. The second-order valence-corrected chi connectivity index (χ2v) is 7.14. The fourth-order valence-electron chi connectivity index (χ4n) is 4.24. The normalized spacial score (nSPS) is 35.5. The number of hydrogen-bond acceptors (Lipinski definition) is 3. The highest BCUT2D eigenvalue weighted by atomic mass is 16.7. The van der Waals surface area contributed by atoms with Crippen LogP contribution in [0.5, 0.6) is 0 Å². The predicted octanol–water partition coefficient (Wildman–Crippen LogP) is 4.24. The Morgan fingerprint density at radius 1 is 0.762 bits per heavy atom. The summed E-state index contributed by atoms with van der Waals surface area (Å²) < 4.78 is 11.7. The van der Waals surface area contributed by atoms with E-state index >= 15 is 0 Å². The lowest BCUT2D eigenvalue weighted by molar-refractivity contribution is -0.194. The molecular weight excluding hydrogens is 264 g/mol. The summed E-state index contributed by atoms with van der Waals surface area (Å²) in [6.45, 7) is 0.847. The minimum Gasteiger partial charge on any atom is -0.353 e. The zero-order valence-electron chi connectivity index (χ0n) is 13.2. The first-order valence-electron chi connectivity index (χ1n) is 9.13. The van der Waals surface area contributed by atoms with Gasteiger partial charge < -0.3 is 9.47 Å². The third kappa shape index (κ3) is 4.29. The van der Waals surface area contributed by atoms with Gasteiger partial charge in [0.2, 0.25) is 0 Å². The molecule has 3 nitrogen and oxygen atoms in total. The summed E-state index contributed by atoms with van der Waals surface area (Å²) >= 11 is 0. The molecule has 3 heteroatoms. The summed E-state index contributed by atoms with van der Waals surface area (Å²) in [6.07, 6.45) is 14.1. The van der Waals surface area contributed by atoms with Gasteiger partial charge in [0, 0.05) is 18.4 Å². The van der Waals surface area contributed by atoms with Gasteiger partial charge in [-0.3, -0.25) is 4.79 Å². The van der Waals surface area contributed by atoms with Crippen molar-refractivity contribution in [2.45, 2.75) is 89.4 Å². The smallest absolute Gasteiger partial charge is 0.157 e. The average molecular weight is 294 g/mol. The van der Waals surface area contributed by atoms with Crippen LogP contribution in [0.3, 0.4) is 0 Å². The van der Waals surface area contributed by atoms with Crippen LogP contribution in [0.4, 0.5) is 0 Å². The van der Waals surface area contributed by atoms with Crippen molar-refractivity contribution < 1.29 is 14.3 Å². The van der Waals surface area contributed by atoms with Gasteiger partial charge in [-0.25, -0.2) is 0 Å². The van der Waals surface area contributed by atoms with Crippen LogP contribution >= 0.6 is 0 Å². The summed E-state index contributed by atoms with van der Waals surface area (Å²) in [6, 6.07) is 0. The molecule has 1 saturated heterocycles. The van der Waals surface area contributed by atoms with Crippen molar-refractivity contribution in [1.29, 1.82) is 0 Å². The maximum Gasteiger partial charge on any atom is 0.157 e. The Morgan fingerprint density at radius 2 is 1.43 bits per heavy atom. The first-order valence-corrected chi connectivity index (χ1v) is 9.13. The predicted molar refractivity (Wildman–Crippen MR) is 82.0 cm³/mol. The zero-order chi connectivity index (χ0) is 14.5. The molecule has 2 saturated carbocycles. The molecule has 0 aromatic rings. The quantitative estimate of drug-likeness (QED) is 0.778. The molecule has 0 spiro atoms. The van der Waals surface area contributed by atoms with Crippen LogP contribution in [0.15, 0.2) is 0 Å². The van der Waals surface area contributed by atoms with E-state index in [4.69, 9.17) is 9.47 Å². The molecule has 2 aliphatic carbocycles. The van der Waals surface area contributed by atoms with Gasteiger partial charge in [-0.2, -0.15) is 0 Å². The Bertz CT molecular complexity index is 321. The van der Waals surface area contributed by atoms with Gasteiger partial charge in [0.25, 0.3) is 0 Å². The van der Waals surface area contributed by atoms with Gasteiger partial charge in [-0.1, -0.05) is 19.3 Å². The van der Waals surface area contributed by atoms with Crippen molar-refractivity contribution in [3.63, 3.8) is 0 Å². The molecule has 3 aliphatic rings. The van der Waals surface area contributed by atoms with E-state index in [0.29, 0.717) is 23.7 Å². The monoisotopic (exact) mass is 294 g/mol. The highest BCUT2D eigenvalue weighted by Crippen LogP contribution is 2.34. The van der Waals surface area contributed by atoms with Crippen molar-refractivity contribution in [2.24, 2.45) is 11.8 Å². The Balaban J connectivity index is 1.40. The van der Waals surface area contributed by atoms with E-state index in [1.54, 1.807) is 0 Å². The fraction of sp³-hybridized carbons (Fsp3) is 0.944. The number of ether oxygens (including phenoxy) is 2. The minimum absolute atomic E-state index is 0.0225. The first-order chi connectivity index (χ1) is 10.3. The number of rotatable bonds is 4. The number of Topliss-reactive ketones (excluding diaryl/α,β-unsaturated/α-hetero) is 1. The van der Waals surface area contributed by atoms with E-state index < -0.39 is 0 Å². The molecule has 0 radical (unpaired) electrons. The van der Waals surface area contributed by atoms with Gasteiger partial charge in [0.15, 0.2) is 6.29 Å². The maximum atomic E-state index is 12.6. The molecule has 1 heterocycles. The van der Waals surface area contributed by atoms with Crippen LogP contribution in [0, 0.1) is 11.8 Å². The van der Waals surface area contributed by atoms with Crippen LogP contribution in [0.25, 0.3) is 0 Å². The van der Waals surface area contributed by atoms with Gasteiger partial charge in [0.1, 0.15) is 5.78 Å². The van der Waals surface area contributed by atoms with Crippen LogP contribution in [-0.2, 0) is 14.3 Å². The van der Waals surface area contributed by atoms with Crippen LogP contribution < -0.4 is 0 Å². The molecule has 120 valence electrons. The lowest BCUT2D eigenvalue weighted by Crippen LogP contribution is -2.34. The summed E-state index contributed by atoms with van der Waals surface area (Å²) in [5, 5.41) is 0. The van der Waals surface area contributed by atoms with Crippen LogP contribution in [0.1, 0.15) is 77.0 Å². The summed E-state index contributed by atoms with van der Waals surface area (Å²) in [5.41, 5.74) is 0. The van der Waals surface area contributed by atoms with E-state index in [-0.39, 0.29) is 6.29 Å². The van der Waals surface area contributed by atoms with Gasteiger partial charge in [-0.15, -0.1) is 0 Å². The average Bonchev–Trinajstić information content (AvgIpc) is 2.57. The van der Waals surface area contributed by atoms with E-state index in [1.165, 1.54) is 32.1 Å². The molecular formula is C18H30O3. The van der Waals surface area contributed by atoms with Crippen molar-refractivity contribution >= 4 is 5.78 Å². The van der Waals surface area contributed by atoms with Crippen LogP contribution in [0.2, 0.25) is 0 Å². The van der Waals surface area contributed by atoms with Gasteiger partial charge >= 0.3 is 0 Å². The van der Waals surface area contributed by atoms with E-state index in [9.17, 15) is 4.79 Å². The summed E-state index contributed by atoms with van der Waals surface area (Å²) in [5.74, 6) is 1.27. The molecule has 3 fully saturated rings. The number of carbonyl (C=O) groups excluding carboxylic acids is 1. The zero-order valence-corrected chi connectivity index (χ0v) is 13.2. The van der Waals surface area contributed by atoms with Crippen molar-refractivity contribution in [3.8, 4) is 0 Å². The van der Waals surface area contributed by atoms with E-state index in [1.807, 2.05) is 0 Å². The summed E-state index contributed by atoms with van der Waals surface area (Å²) in [7, 11) is 0. The fourth-order valence-corrected chi connectivity index (χ4v) is 4.24. The Labute approximate surface area is 128 Å². The molecule has 1 aliphatic heterocycles.